The molecule has 0 radical (unpaired) electrons. The van der Waals surface area contributed by atoms with Gasteiger partial charge in [0.2, 0.25) is 0 Å². The standard InChI is InChI=1S/C20H23N3O2/c21-20(22-13-15-11-17(15)14-5-2-1-3-6-14)23-16-7-8-18-19(12-16)25-10-4-9-24-18/h1-3,5-8,12,15,17H,4,9-11,13H2,(H3,21,22,23). The SMILES string of the molecule is NC(=NCC1CC1c1ccccc1)Nc1ccc2c(c1)OCCCO2. The van der Waals surface area contributed by atoms with E-state index in [9.17, 15) is 0 Å². The largest absolute Gasteiger partial charge is 0.490 e. The molecule has 2 unspecified atom stereocenters. The molecule has 0 aromatic heterocycles. The Morgan fingerprint density at radius 3 is 2.72 bits per heavy atom. The van der Waals surface area contributed by atoms with Crippen molar-refractivity contribution in [3.63, 3.8) is 0 Å². The molecule has 0 spiro atoms. The summed E-state index contributed by atoms with van der Waals surface area (Å²) in [7, 11) is 0. The Hall–Kier alpha value is -2.69. The van der Waals surface area contributed by atoms with E-state index in [1.165, 1.54) is 12.0 Å². The van der Waals surface area contributed by atoms with Crippen LogP contribution in [0.25, 0.3) is 0 Å². The van der Waals surface area contributed by atoms with E-state index in [0.717, 1.165) is 30.2 Å². The number of fused-ring (bicyclic) bond motifs is 1. The molecule has 0 saturated heterocycles. The third-order valence-corrected chi connectivity index (χ3v) is 4.67. The van der Waals surface area contributed by atoms with Crippen LogP contribution in [0.2, 0.25) is 0 Å². The number of nitrogens with two attached hydrogens (primary N) is 1. The van der Waals surface area contributed by atoms with E-state index in [2.05, 4.69) is 40.6 Å². The van der Waals surface area contributed by atoms with Crippen LogP contribution in [0.1, 0.15) is 24.3 Å². The average Bonchev–Trinajstić information content (AvgIpc) is 3.44. The Kier molecular flexibility index (Phi) is 4.46. The third-order valence-electron chi connectivity index (χ3n) is 4.67. The van der Waals surface area contributed by atoms with Gasteiger partial charge in [0.15, 0.2) is 17.5 Å². The molecule has 1 fully saturated rings. The van der Waals surface area contributed by atoms with Crippen molar-refractivity contribution in [3.8, 4) is 11.5 Å². The van der Waals surface area contributed by atoms with Crippen LogP contribution in [0.4, 0.5) is 5.69 Å². The maximum atomic E-state index is 6.04. The van der Waals surface area contributed by atoms with Gasteiger partial charge in [0.25, 0.3) is 0 Å². The molecule has 1 heterocycles. The van der Waals surface area contributed by atoms with Crippen molar-refractivity contribution in [1.29, 1.82) is 0 Å². The van der Waals surface area contributed by atoms with Gasteiger partial charge in [-0.25, -0.2) is 0 Å². The van der Waals surface area contributed by atoms with Gasteiger partial charge in [-0.3, -0.25) is 4.99 Å². The van der Waals surface area contributed by atoms with Crippen LogP contribution in [-0.4, -0.2) is 25.7 Å². The first kappa shape index (κ1) is 15.8. The summed E-state index contributed by atoms with van der Waals surface area (Å²) in [6.45, 7) is 2.11. The number of anilines is 1. The fraction of sp³-hybridized carbons (Fsp3) is 0.350. The van der Waals surface area contributed by atoms with Crippen molar-refractivity contribution in [2.75, 3.05) is 25.1 Å². The highest BCUT2D eigenvalue weighted by molar-refractivity contribution is 5.92. The van der Waals surface area contributed by atoms with Crippen LogP contribution in [-0.2, 0) is 0 Å². The molecule has 2 aromatic rings. The normalized spacial score (nSPS) is 22.2. The molecule has 130 valence electrons. The molecule has 0 bridgehead atoms. The molecular weight excluding hydrogens is 314 g/mol. The predicted octanol–water partition coefficient (Wildman–Crippen LogP) is 3.38. The molecule has 25 heavy (non-hydrogen) atoms. The topological polar surface area (TPSA) is 68.9 Å². The van der Waals surface area contributed by atoms with Gasteiger partial charge in [-0.15, -0.1) is 0 Å². The lowest BCUT2D eigenvalue weighted by molar-refractivity contribution is 0.297. The van der Waals surface area contributed by atoms with Crippen LogP contribution in [0.15, 0.2) is 53.5 Å². The second-order valence-electron chi connectivity index (χ2n) is 6.58. The smallest absolute Gasteiger partial charge is 0.193 e. The van der Waals surface area contributed by atoms with Crippen molar-refractivity contribution in [2.45, 2.75) is 18.8 Å². The molecule has 1 saturated carbocycles. The Labute approximate surface area is 147 Å². The summed E-state index contributed by atoms with van der Waals surface area (Å²) in [4.78, 5) is 4.50. The Morgan fingerprint density at radius 1 is 1.08 bits per heavy atom. The lowest BCUT2D eigenvalue weighted by Crippen LogP contribution is -2.23. The number of hydrogen-bond acceptors (Lipinski definition) is 3. The highest BCUT2D eigenvalue weighted by Gasteiger charge is 2.37. The summed E-state index contributed by atoms with van der Waals surface area (Å²) < 4.78 is 11.3. The van der Waals surface area contributed by atoms with Gasteiger partial charge in [0.05, 0.1) is 13.2 Å². The number of benzene rings is 2. The molecule has 5 heteroatoms. The number of nitrogens with zero attached hydrogens (tertiary/aromatic N) is 1. The molecule has 1 aliphatic carbocycles. The molecule has 5 nitrogen and oxygen atoms in total. The number of ether oxygens (including phenoxy) is 2. The monoisotopic (exact) mass is 337 g/mol. The Morgan fingerprint density at radius 2 is 1.88 bits per heavy atom. The van der Waals surface area contributed by atoms with Gasteiger partial charge >= 0.3 is 0 Å². The highest BCUT2D eigenvalue weighted by Crippen LogP contribution is 2.47. The zero-order valence-electron chi connectivity index (χ0n) is 14.2. The summed E-state index contributed by atoms with van der Waals surface area (Å²) in [5.74, 6) is 3.18. The molecule has 4 rings (SSSR count). The average molecular weight is 337 g/mol. The second-order valence-corrected chi connectivity index (χ2v) is 6.58. The zero-order valence-corrected chi connectivity index (χ0v) is 14.2. The lowest BCUT2D eigenvalue weighted by atomic mass is 10.1. The van der Waals surface area contributed by atoms with E-state index < -0.39 is 0 Å². The van der Waals surface area contributed by atoms with Crippen molar-refractivity contribution in [1.82, 2.24) is 0 Å². The van der Waals surface area contributed by atoms with Gasteiger partial charge < -0.3 is 20.5 Å². The van der Waals surface area contributed by atoms with Crippen LogP contribution in [0.3, 0.4) is 0 Å². The van der Waals surface area contributed by atoms with E-state index in [0.29, 0.717) is 31.0 Å². The second kappa shape index (κ2) is 7.05. The van der Waals surface area contributed by atoms with Crippen molar-refractivity contribution < 1.29 is 9.47 Å². The van der Waals surface area contributed by atoms with Gasteiger partial charge in [-0.1, -0.05) is 30.3 Å². The molecular formula is C20H23N3O2. The van der Waals surface area contributed by atoms with Gasteiger partial charge in [0, 0.05) is 24.7 Å². The van der Waals surface area contributed by atoms with Crippen LogP contribution >= 0.6 is 0 Å². The van der Waals surface area contributed by atoms with Gasteiger partial charge in [0.1, 0.15) is 0 Å². The summed E-state index contributed by atoms with van der Waals surface area (Å²) in [5.41, 5.74) is 8.30. The fourth-order valence-corrected chi connectivity index (χ4v) is 3.20. The van der Waals surface area contributed by atoms with Crippen LogP contribution in [0.5, 0.6) is 11.5 Å². The Balaban J connectivity index is 1.34. The van der Waals surface area contributed by atoms with Crippen molar-refractivity contribution in [2.24, 2.45) is 16.6 Å². The van der Waals surface area contributed by atoms with E-state index >= 15 is 0 Å². The minimum atomic E-state index is 0.438. The predicted molar refractivity (Wildman–Crippen MR) is 99.5 cm³/mol. The molecule has 2 aromatic carbocycles. The van der Waals surface area contributed by atoms with Gasteiger partial charge in [-0.2, -0.15) is 0 Å². The van der Waals surface area contributed by atoms with E-state index in [1.54, 1.807) is 0 Å². The minimum Gasteiger partial charge on any atom is -0.490 e. The number of rotatable bonds is 4. The molecule has 1 aliphatic heterocycles. The van der Waals surface area contributed by atoms with Gasteiger partial charge in [-0.05, 0) is 36.0 Å². The maximum absolute atomic E-state index is 6.04. The van der Waals surface area contributed by atoms with Crippen LogP contribution in [0, 0.1) is 5.92 Å². The van der Waals surface area contributed by atoms with Crippen LogP contribution < -0.4 is 20.5 Å². The zero-order chi connectivity index (χ0) is 17.1. The number of hydrogen-bond donors (Lipinski definition) is 2. The summed E-state index contributed by atoms with van der Waals surface area (Å²) in [6, 6.07) is 16.4. The summed E-state index contributed by atoms with van der Waals surface area (Å²) >= 11 is 0. The van der Waals surface area contributed by atoms with E-state index in [4.69, 9.17) is 15.2 Å². The highest BCUT2D eigenvalue weighted by atomic mass is 16.5. The number of nitrogens with one attached hydrogen (secondary N) is 1. The molecule has 0 amide bonds. The Bertz CT molecular complexity index is 761. The first-order valence-corrected chi connectivity index (χ1v) is 8.81. The first-order valence-electron chi connectivity index (χ1n) is 8.81. The summed E-state index contributed by atoms with van der Waals surface area (Å²) in [6.07, 6.45) is 2.08. The molecule has 3 N–H and O–H groups in total. The van der Waals surface area contributed by atoms with E-state index in [-0.39, 0.29) is 0 Å². The quantitative estimate of drug-likeness (QED) is 0.663. The fourth-order valence-electron chi connectivity index (χ4n) is 3.20. The minimum absolute atomic E-state index is 0.438. The first-order chi connectivity index (χ1) is 12.3. The third kappa shape index (κ3) is 3.87. The maximum Gasteiger partial charge on any atom is 0.193 e. The van der Waals surface area contributed by atoms with Crippen molar-refractivity contribution in [3.05, 3.63) is 54.1 Å². The molecule has 2 atom stereocenters. The lowest BCUT2D eigenvalue weighted by Gasteiger charge is -2.10. The number of guanidine groups is 1. The molecule has 2 aliphatic rings. The van der Waals surface area contributed by atoms with E-state index in [1.807, 2.05) is 18.2 Å². The summed E-state index contributed by atoms with van der Waals surface area (Å²) in [5, 5.41) is 3.14. The van der Waals surface area contributed by atoms with Crippen molar-refractivity contribution >= 4 is 11.6 Å². The number of aliphatic imine (C=N–C) groups is 1.